The van der Waals surface area contributed by atoms with Gasteiger partial charge in [0, 0.05) is 4.90 Å². The van der Waals surface area contributed by atoms with Crippen LogP contribution in [0.25, 0.3) is 10.2 Å². The molecule has 0 amide bonds. The zero-order chi connectivity index (χ0) is 18.0. The van der Waals surface area contributed by atoms with E-state index < -0.39 is 15.8 Å². The topological polar surface area (TPSA) is 51.4 Å². The van der Waals surface area contributed by atoms with Gasteiger partial charge in [0.15, 0.2) is 0 Å². The lowest BCUT2D eigenvalue weighted by Gasteiger charge is -2.01. The number of hydrogen-bond donors (Lipinski definition) is 0. The first-order valence-electron chi connectivity index (χ1n) is 7.12. The standard InChI is InChI=1S/C17H13FN2O2S3/c1-3-10-20-15-9-6-13(23-2)11-16(15)24-17(20)19-25(21,22)14-7-4-12(18)5-8-14/h1,4-9,11H,10H2,2H3/b19-17-. The van der Waals surface area contributed by atoms with Gasteiger partial charge in [-0.25, -0.2) is 4.39 Å². The molecule has 0 N–H and O–H groups in total. The number of hydrogen-bond acceptors (Lipinski definition) is 4. The Labute approximate surface area is 153 Å². The second kappa shape index (κ2) is 7.04. The SMILES string of the molecule is C#CCn1/c(=N/S(=O)(=O)c2ccc(F)cc2)sc2cc(SC)ccc21. The number of fused-ring (bicyclic) bond motifs is 1. The van der Waals surface area contributed by atoms with Gasteiger partial charge in [0.2, 0.25) is 4.80 Å². The Kier molecular flexibility index (Phi) is 4.99. The first kappa shape index (κ1) is 17.7. The highest BCUT2D eigenvalue weighted by Gasteiger charge is 2.15. The van der Waals surface area contributed by atoms with Crippen LogP contribution in [0.15, 0.2) is 56.7 Å². The third-order valence-corrected chi connectivity index (χ3v) is 6.61. The van der Waals surface area contributed by atoms with Gasteiger partial charge in [-0.2, -0.15) is 8.42 Å². The molecule has 128 valence electrons. The van der Waals surface area contributed by atoms with Crippen molar-refractivity contribution in [1.82, 2.24) is 4.57 Å². The van der Waals surface area contributed by atoms with Crippen LogP contribution in [0.4, 0.5) is 4.39 Å². The highest BCUT2D eigenvalue weighted by molar-refractivity contribution is 7.98. The van der Waals surface area contributed by atoms with E-state index in [-0.39, 0.29) is 16.2 Å². The number of sulfonamides is 1. The van der Waals surface area contributed by atoms with Crippen LogP contribution in [0.5, 0.6) is 0 Å². The number of thioether (sulfide) groups is 1. The highest BCUT2D eigenvalue weighted by Crippen LogP contribution is 2.24. The molecule has 0 radical (unpaired) electrons. The molecule has 0 aliphatic carbocycles. The zero-order valence-electron chi connectivity index (χ0n) is 13.1. The van der Waals surface area contributed by atoms with E-state index in [1.165, 1.54) is 23.5 Å². The van der Waals surface area contributed by atoms with Crippen LogP contribution >= 0.6 is 23.1 Å². The summed E-state index contributed by atoms with van der Waals surface area (Å²) in [5.41, 5.74) is 0.828. The summed E-state index contributed by atoms with van der Waals surface area (Å²) in [5, 5.41) is 0. The molecule has 1 heterocycles. The molecule has 0 unspecified atom stereocenters. The summed E-state index contributed by atoms with van der Waals surface area (Å²) < 4.78 is 44.6. The maximum absolute atomic E-state index is 13.0. The van der Waals surface area contributed by atoms with Crippen molar-refractivity contribution in [2.75, 3.05) is 6.26 Å². The van der Waals surface area contributed by atoms with Crippen molar-refractivity contribution >= 4 is 43.3 Å². The van der Waals surface area contributed by atoms with E-state index in [9.17, 15) is 12.8 Å². The van der Waals surface area contributed by atoms with Gasteiger partial charge in [0.25, 0.3) is 10.0 Å². The van der Waals surface area contributed by atoms with Crippen LogP contribution in [-0.4, -0.2) is 19.2 Å². The Morgan fingerprint density at radius 2 is 2.00 bits per heavy atom. The van der Waals surface area contributed by atoms with Crippen LogP contribution in [0.3, 0.4) is 0 Å². The van der Waals surface area contributed by atoms with Gasteiger partial charge in [-0.15, -0.1) is 22.6 Å². The maximum atomic E-state index is 13.0. The fraction of sp³-hybridized carbons (Fsp3) is 0.118. The molecular formula is C17H13FN2O2S3. The van der Waals surface area contributed by atoms with Crippen molar-refractivity contribution < 1.29 is 12.8 Å². The van der Waals surface area contributed by atoms with Gasteiger partial charge in [0.05, 0.1) is 21.7 Å². The predicted molar refractivity (Wildman–Crippen MR) is 99.6 cm³/mol. The van der Waals surface area contributed by atoms with Crippen LogP contribution in [0.1, 0.15) is 0 Å². The van der Waals surface area contributed by atoms with Crippen LogP contribution in [0, 0.1) is 18.2 Å². The lowest BCUT2D eigenvalue weighted by atomic mass is 10.3. The molecule has 4 nitrogen and oxygen atoms in total. The Bertz CT molecular complexity index is 1140. The molecule has 0 bridgehead atoms. The molecule has 0 spiro atoms. The molecule has 25 heavy (non-hydrogen) atoms. The van der Waals surface area contributed by atoms with Crippen molar-refractivity contribution in [3.63, 3.8) is 0 Å². The quantitative estimate of drug-likeness (QED) is 0.505. The number of terminal acetylenes is 1. The largest absolute Gasteiger partial charge is 0.304 e. The first-order valence-corrected chi connectivity index (χ1v) is 10.6. The molecule has 0 fully saturated rings. The number of nitrogens with zero attached hydrogens (tertiary/aromatic N) is 2. The zero-order valence-corrected chi connectivity index (χ0v) is 15.6. The number of aromatic nitrogens is 1. The van der Waals surface area contributed by atoms with Gasteiger partial charge in [-0.05, 0) is 48.7 Å². The smallest absolute Gasteiger partial charge is 0.285 e. The van der Waals surface area contributed by atoms with Gasteiger partial charge >= 0.3 is 0 Å². The molecular weight excluding hydrogens is 379 g/mol. The molecule has 0 saturated carbocycles. The summed E-state index contributed by atoms with van der Waals surface area (Å²) in [6.07, 6.45) is 7.39. The van der Waals surface area contributed by atoms with Crippen LogP contribution in [-0.2, 0) is 16.6 Å². The number of benzene rings is 2. The van der Waals surface area contributed by atoms with Gasteiger partial charge in [0.1, 0.15) is 5.82 Å². The van der Waals surface area contributed by atoms with E-state index in [4.69, 9.17) is 6.42 Å². The average Bonchev–Trinajstić information content (AvgIpc) is 2.91. The maximum Gasteiger partial charge on any atom is 0.285 e. The summed E-state index contributed by atoms with van der Waals surface area (Å²) in [5.74, 6) is 2.02. The van der Waals surface area contributed by atoms with Crippen LogP contribution < -0.4 is 4.80 Å². The fourth-order valence-electron chi connectivity index (χ4n) is 2.26. The summed E-state index contributed by atoms with van der Waals surface area (Å²) >= 11 is 2.85. The fourth-order valence-corrected chi connectivity index (χ4v) is 5.04. The average molecular weight is 393 g/mol. The molecule has 0 saturated heterocycles. The van der Waals surface area contributed by atoms with Crippen molar-refractivity contribution in [2.24, 2.45) is 4.40 Å². The second-order valence-electron chi connectivity index (χ2n) is 5.03. The van der Waals surface area contributed by atoms with Crippen molar-refractivity contribution in [3.8, 4) is 12.3 Å². The van der Waals surface area contributed by atoms with E-state index in [2.05, 4.69) is 10.3 Å². The molecule has 2 aromatic carbocycles. The second-order valence-corrected chi connectivity index (χ2v) is 8.52. The number of halogens is 1. The van der Waals surface area contributed by atoms with E-state index in [0.717, 1.165) is 27.2 Å². The Hall–Kier alpha value is -2.08. The minimum Gasteiger partial charge on any atom is -0.304 e. The molecule has 1 aromatic heterocycles. The predicted octanol–water partition coefficient (Wildman–Crippen LogP) is 3.49. The van der Waals surface area contributed by atoms with Crippen LogP contribution in [0.2, 0.25) is 0 Å². The summed E-state index contributed by atoms with van der Waals surface area (Å²) in [6, 6.07) is 10.4. The lowest BCUT2D eigenvalue weighted by Crippen LogP contribution is -2.16. The van der Waals surface area contributed by atoms with Gasteiger partial charge in [-0.1, -0.05) is 17.3 Å². The minimum atomic E-state index is -3.96. The molecule has 0 aliphatic rings. The Balaban J connectivity index is 2.22. The lowest BCUT2D eigenvalue weighted by molar-refractivity contribution is 0.594. The third kappa shape index (κ3) is 3.63. The van der Waals surface area contributed by atoms with E-state index in [1.54, 1.807) is 16.3 Å². The van der Waals surface area contributed by atoms with Gasteiger partial charge in [-0.3, -0.25) is 0 Å². The molecule has 3 rings (SSSR count). The van der Waals surface area contributed by atoms with E-state index in [1.807, 2.05) is 24.5 Å². The monoisotopic (exact) mass is 392 g/mol. The highest BCUT2D eigenvalue weighted by atomic mass is 32.2. The normalized spacial score (nSPS) is 12.4. The van der Waals surface area contributed by atoms with Crippen molar-refractivity contribution in [1.29, 1.82) is 0 Å². The Morgan fingerprint density at radius 1 is 1.28 bits per heavy atom. The number of thiazole rings is 1. The molecule has 8 heteroatoms. The molecule has 0 atom stereocenters. The first-order chi connectivity index (χ1) is 11.9. The molecule has 3 aromatic rings. The van der Waals surface area contributed by atoms with Gasteiger partial charge < -0.3 is 4.57 Å². The summed E-state index contributed by atoms with van der Waals surface area (Å²) in [6.45, 7) is 0.205. The van der Waals surface area contributed by atoms with E-state index >= 15 is 0 Å². The summed E-state index contributed by atoms with van der Waals surface area (Å²) in [4.78, 5) is 1.29. The summed E-state index contributed by atoms with van der Waals surface area (Å²) in [7, 11) is -3.96. The Morgan fingerprint density at radius 3 is 2.64 bits per heavy atom. The van der Waals surface area contributed by atoms with Crippen molar-refractivity contribution in [2.45, 2.75) is 16.3 Å². The van der Waals surface area contributed by atoms with Crippen molar-refractivity contribution in [3.05, 3.63) is 53.1 Å². The minimum absolute atomic E-state index is 0.0663. The van der Waals surface area contributed by atoms with E-state index in [0.29, 0.717) is 0 Å². The molecule has 0 aliphatic heterocycles. The number of rotatable bonds is 4. The third-order valence-electron chi connectivity index (χ3n) is 3.45.